The van der Waals surface area contributed by atoms with Gasteiger partial charge in [0.2, 0.25) is 0 Å². The molecular formula is C25H33N3NaO8S. The number of hydrogen-bond acceptors (Lipinski definition) is 8. The van der Waals surface area contributed by atoms with Crippen LogP contribution in [0.3, 0.4) is 0 Å². The molecule has 2 amide bonds. The SMILES string of the molecule is CCNC(=O)C(O)(C(N)(Cc1ccccc1)C(=O)[C@@H](NC(=O)OCc1ccccc1)C(C)C)S(=O)(=O)O.[Na]. The third-order valence-corrected chi connectivity index (χ3v) is 7.12. The van der Waals surface area contributed by atoms with Gasteiger partial charge < -0.3 is 26.2 Å². The normalized spacial score (nSPS) is 15.2. The van der Waals surface area contributed by atoms with Crippen molar-refractivity contribution in [2.24, 2.45) is 11.7 Å². The summed E-state index contributed by atoms with van der Waals surface area (Å²) < 4.78 is 40.2. The second kappa shape index (κ2) is 14.2. The average molecular weight is 559 g/mol. The molecule has 11 nitrogen and oxygen atoms in total. The topological polar surface area (TPSA) is 185 Å². The quantitative estimate of drug-likeness (QED) is 0.185. The molecule has 0 heterocycles. The number of rotatable bonds is 12. The summed E-state index contributed by atoms with van der Waals surface area (Å²) in [5.74, 6) is -3.47. The minimum atomic E-state index is -5.69. The predicted octanol–water partition coefficient (Wildman–Crippen LogP) is 0.778. The molecule has 1 radical (unpaired) electrons. The molecule has 2 aromatic rings. The van der Waals surface area contributed by atoms with Gasteiger partial charge in [-0.2, -0.15) is 8.42 Å². The number of nitrogens with two attached hydrogens (primary N) is 1. The molecule has 0 spiro atoms. The number of hydrogen-bond donors (Lipinski definition) is 5. The number of likely N-dealkylation sites (N-methyl/N-ethyl adjacent to an activating group) is 1. The molecule has 0 aromatic heterocycles. The molecule has 0 aliphatic rings. The summed E-state index contributed by atoms with van der Waals surface area (Å²) in [6, 6.07) is 15.1. The summed E-state index contributed by atoms with van der Waals surface area (Å²) in [5.41, 5.74) is 4.40. The Morgan fingerprint density at radius 2 is 1.50 bits per heavy atom. The fraction of sp³-hybridized carbons (Fsp3) is 0.400. The van der Waals surface area contributed by atoms with E-state index in [2.05, 4.69) is 10.6 Å². The van der Waals surface area contributed by atoms with E-state index in [1.165, 1.54) is 19.1 Å². The number of ketones is 1. The van der Waals surface area contributed by atoms with Gasteiger partial charge >= 0.3 is 16.2 Å². The maximum Gasteiger partial charge on any atom is 0.408 e. The first-order valence-electron chi connectivity index (χ1n) is 11.6. The van der Waals surface area contributed by atoms with Gasteiger partial charge in [0.1, 0.15) is 12.1 Å². The number of carbonyl (C=O) groups excluding carboxylic acids is 3. The third-order valence-electron chi connectivity index (χ3n) is 5.82. The molecule has 38 heavy (non-hydrogen) atoms. The molecule has 0 aliphatic carbocycles. The number of carbonyl (C=O) groups is 3. The minimum absolute atomic E-state index is 0. The van der Waals surface area contributed by atoms with Gasteiger partial charge in [-0.15, -0.1) is 0 Å². The molecule has 2 aromatic carbocycles. The summed E-state index contributed by atoms with van der Waals surface area (Å²) in [7, 11) is -5.69. The Kier molecular flexibility index (Phi) is 12.6. The molecule has 0 aliphatic heterocycles. The second-order valence-corrected chi connectivity index (χ2v) is 10.4. The Balaban J connectivity index is 0.00000722. The number of amides is 2. The van der Waals surface area contributed by atoms with Crippen molar-refractivity contribution in [2.75, 3.05) is 6.54 Å². The Labute approximate surface area is 244 Å². The molecule has 13 heteroatoms. The molecular weight excluding hydrogens is 525 g/mol. The largest absolute Gasteiger partial charge is 0.445 e. The van der Waals surface area contributed by atoms with Gasteiger partial charge in [-0.3, -0.25) is 14.1 Å². The van der Waals surface area contributed by atoms with E-state index in [0.29, 0.717) is 11.1 Å². The second-order valence-electron chi connectivity index (χ2n) is 8.90. The van der Waals surface area contributed by atoms with Crippen molar-refractivity contribution in [2.45, 2.75) is 50.3 Å². The molecule has 0 bridgehead atoms. The summed E-state index contributed by atoms with van der Waals surface area (Å²) >= 11 is 0. The van der Waals surface area contributed by atoms with Gasteiger partial charge in [-0.05, 0) is 24.0 Å². The van der Waals surface area contributed by atoms with Crippen LogP contribution in [0.25, 0.3) is 0 Å². The van der Waals surface area contributed by atoms with E-state index in [1.54, 1.807) is 62.4 Å². The fourth-order valence-corrected chi connectivity index (χ4v) is 4.77. The van der Waals surface area contributed by atoms with Crippen molar-refractivity contribution in [1.82, 2.24) is 10.6 Å². The maximum absolute atomic E-state index is 13.9. The minimum Gasteiger partial charge on any atom is -0.445 e. The van der Waals surface area contributed by atoms with Crippen LogP contribution in [-0.4, -0.2) is 88.5 Å². The Hall–Kier alpha value is -2.32. The molecule has 6 N–H and O–H groups in total. The van der Waals surface area contributed by atoms with Crippen LogP contribution in [0.4, 0.5) is 4.79 Å². The number of alkyl carbamates (subject to hydrolysis) is 1. The Bertz CT molecular complexity index is 1200. The van der Waals surface area contributed by atoms with Crippen LogP contribution in [-0.2, 0) is 37.5 Å². The molecule has 2 rings (SSSR count). The Morgan fingerprint density at radius 1 is 1.00 bits per heavy atom. The van der Waals surface area contributed by atoms with Crippen molar-refractivity contribution in [3.8, 4) is 0 Å². The van der Waals surface area contributed by atoms with E-state index < -0.39 is 56.8 Å². The van der Waals surface area contributed by atoms with E-state index in [-0.39, 0.29) is 42.7 Å². The zero-order valence-corrected chi connectivity index (χ0v) is 24.7. The fourth-order valence-electron chi connectivity index (χ4n) is 3.83. The molecule has 0 saturated heterocycles. The monoisotopic (exact) mass is 558 g/mol. The number of Topliss-reactive ketones (excluding diaryl/α,β-unsaturated/α-hetero) is 1. The zero-order valence-electron chi connectivity index (χ0n) is 21.9. The van der Waals surface area contributed by atoms with Crippen LogP contribution in [0.2, 0.25) is 0 Å². The summed E-state index contributed by atoms with van der Waals surface area (Å²) in [4.78, 5) is 35.6. The van der Waals surface area contributed by atoms with Crippen LogP contribution in [0, 0.1) is 5.92 Å². The van der Waals surface area contributed by atoms with E-state index in [9.17, 15) is 32.5 Å². The van der Waals surface area contributed by atoms with Crippen LogP contribution in [0.15, 0.2) is 60.7 Å². The standard InChI is InChI=1S/C25H33N3O8S.Na/c1-4-27-22(30)25(32,37(33,34)35)24(26,15-18-11-7-5-8-12-18)21(29)20(17(2)3)28-23(31)36-16-19-13-9-6-10-14-19;/h5-14,17,20,32H,4,15-16,26H2,1-3H3,(H,27,30)(H,28,31)(H,33,34,35);/t20-,24?,25?;/m0./s1. The summed E-state index contributed by atoms with van der Waals surface area (Å²) in [6.45, 7) is 4.28. The smallest absolute Gasteiger partial charge is 0.408 e. The van der Waals surface area contributed by atoms with Crippen molar-refractivity contribution >= 4 is 57.5 Å². The van der Waals surface area contributed by atoms with Crippen molar-refractivity contribution in [1.29, 1.82) is 0 Å². The summed E-state index contributed by atoms with van der Waals surface area (Å²) in [5, 5.41) is 15.8. The van der Waals surface area contributed by atoms with Gasteiger partial charge in [-0.1, -0.05) is 74.5 Å². The molecule has 3 atom stereocenters. The van der Waals surface area contributed by atoms with E-state index in [4.69, 9.17) is 10.5 Å². The molecule has 0 fully saturated rings. The maximum atomic E-state index is 13.9. The van der Waals surface area contributed by atoms with Gasteiger partial charge in [0.15, 0.2) is 5.78 Å². The van der Waals surface area contributed by atoms with Crippen molar-refractivity contribution in [3.05, 3.63) is 71.8 Å². The number of nitrogens with one attached hydrogen (secondary N) is 2. The number of ether oxygens (including phenoxy) is 1. The molecule has 203 valence electrons. The predicted molar refractivity (Wildman–Crippen MR) is 141 cm³/mol. The van der Waals surface area contributed by atoms with Gasteiger partial charge in [-0.25, -0.2) is 4.79 Å². The third kappa shape index (κ3) is 7.63. The zero-order chi connectivity index (χ0) is 27.9. The van der Waals surface area contributed by atoms with E-state index >= 15 is 0 Å². The van der Waals surface area contributed by atoms with Crippen LogP contribution < -0.4 is 16.4 Å². The van der Waals surface area contributed by atoms with Crippen LogP contribution in [0.5, 0.6) is 0 Å². The van der Waals surface area contributed by atoms with E-state index in [1.807, 2.05) is 0 Å². The van der Waals surface area contributed by atoms with Crippen molar-refractivity contribution in [3.63, 3.8) is 0 Å². The van der Waals surface area contributed by atoms with E-state index in [0.717, 1.165) is 0 Å². The molecule has 0 saturated carbocycles. The van der Waals surface area contributed by atoms with Gasteiger partial charge in [0.25, 0.3) is 10.8 Å². The summed E-state index contributed by atoms with van der Waals surface area (Å²) in [6.07, 6.45) is -1.67. The number of aliphatic hydroxyl groups is 1. The number of benzene rings is 2. The first-order chi connectivity index (χ1) is 17.3. The van der Waals surface area contributed by atoms with Gasteiger partial charge in [0, 0.05) is 42.5 Å². The van der Waals surface area contributed by atoms with Crippen LogP contribution >= 0.6 is 0 Å². The van der Waals surface area contributed by atoms with Gasteiger partial charge in [0.05, 0.1) is 6.04 Å². The first kappa shape index (κ1) is 33.7. The van der Waals surface area contributed by atoms with Crippen LogP contribution in [0.1, 0.15) is 31.9 Å². The Morgan fingerprint density at radius 3 is 1.95 bits per heavy atom. The molecule has 2 unspecified atom stereocenters. The van der Waals surface area contributed by atoms with Crippen molar-refractivity contribution < 1.29 is 37.2 Å². The average Bonchev–Trinajstić information content (AvgIpc) is 2.85. The first-order valence-corrected chi connectivity index (χ1v) is 13.0.